The summed E-state index contributed by atoms with van der Waals surface area (Å²) in [6, 6.07) is 0. The van der Waals surface area contributed by atoms with Gasteiger partial charge in [0.05, 0.1) is 0 Å². The van der Waals surface area contributed by atoms with Crippen LogP contribution >= 0.6 is 20.3 Å². The molecule has 0 unspecified atom stereocenters. The van der Waals surface area contributed by atoms with Crippen LogP contribution < -0.4 is 0 Å². The van der Waals surface area contributed by atoms with Gasteiger partial charge in [-0.15, -0.1) is 0 Å². The second kappa shape index (κ2) is 8.84. The van der Waals surface area contributed by atoms with E-state index in [1.165, 1.54) is 0 Å². The van der Waals surface area contributed by atoms with Gasteiger partial charge in [-0.1, -0.05) is 0 Å². The second-order valence-corrected chi connectivity index (χ2v) is 1.77. The van der Waals surface area contributed by atoms with Crippen molar-refractivity contribution in [3.8, 4) is 0 Å². The normalized spacial score (nSPS) is 5.50. The molecule has 0 amide bonds. The van der Waals surface area contributed by atoms with Crippen molar-refractivity contribution in [1.82, 2.24) is 0 Å². The van der Waals surface area contributed by atoms with Crippen LogP contribution in [-0.2, 0) is 34.6 Å². The smallest absolute Gasteiger partial charge is 0 e. The van der Waals surface area contributed by atoms with Crippen molar-refractivity contribution in [1.29, 1.82) is 0 Å². The number of rotatable bonds is 0. The minimum atomic E-state index is 0. The molecule has 0 aromatic rings. The van der Waals surface area contributed by atoms with Gasteiger partial charge in [0.25, 0.3) is 0 Å². The minimum absolute atomic E-state index is 0. The van der Waals surface area contributed by atoms with Gasteiger partial charge < -0.3 is 0 Å². The van der Waals surface area contributed by atoms with Crippen LogP contribution in [0.15, 0.2) is 0 Å². The van der Waals surface area contributed by atoms with E-state index in [0.717, 1.165) is 0 Å². The van der Waals surface area contributed by atoms with E-state index < -0.39 is 0 Å². The zero-order valence-electron chi connectivity index (χ0n) is 1.59. The molecule has 0 heterocycles. The maximum absolute atomic E-state index is 4.73. The third-order valence-electron chi connectivity index (χ3n) is 0. The van der Waals surface area contributed by atoms with Crippen LogP contribution in [0.5, 0.6) is 0 Å². The molecule has 4 heteroatoms. The molecule has 27 valence electrons. The van der Waals surface area contributed by atoms with E-state index in [1.54, 1.807) is 0 Å². The van der Waals surface area contributed by atoms with Crippen molar-refractivity contribution in [3.63, 3.8) is 0 Å². The fraction of sp³-hybridized carbons (Fsp3) is 0. The molecular weight excluding hydrogens is 178 g/mol. The first kappa shape index (κ1) is 9.25. The molecule has 0 aromatic heterocycles. The molecule has 0 saturated heterocycles. The Morgan fingerprint density at radius 3 is 1.25 bits per heavy atom. The maximum Gasteiger partial charge on any atom is 0 e. The van der Waals surface area contributed by atoms with Gasteiger partial charge >= 0.3 is 33.2 Å². The molecule has 0 bridgehead atoms. The number of hydrogen-bond donors (Lipinski definition) is 0. The Hall–Kier alpha value is 1.80. The molecule has 0 rings (SSSR count). The quantitative estimate of drug-likeness (QED) is 0.491. The molecule has 0 aromatic carbocycles. The molecule has 0 aliphatic heterocycles. The summed E-state index contributed by atoms with van der Waals surface area (Å²) in [5.41, 5.74) is 0. The van der Waals surface area contributed by atoms with Crippen LogP contribution in [0.1, 0.15) is 0 Å². The van der Waals surface area contributed by atoms with Crippen LogP contribution in [0.25, 0.3) is 0 Å². The second-order valence-electron chi connectivity index (χ2n) is 0.0476. The van der Waals surface area contributed by atoms with Gasteiger partial charge in [0.15, 0.2) is 0 Å². The molecule has 0 saturated carbocycles. The summed E-state index contributed by atoms with van der Waals surface area (Å²) in [7, 11) is 9.47. The summed E-state index contributed by atoms with van der Waals surface area (Å²) in [6.45, 7) is 0. The fourth-order valence-electron chi connectivity index (χ4n) is 0. The monoisotopic (exact) mass is 177 g/mol. The molecule has 0 atom stereocenters. The van der Waals surface area contributed by atoms with Crippen LogP contribution in [0, 0.1) is 0 Å². The first-order chi connectivity index (χ1) is 1.41. The molecule has 0 N–H and O–H groups in total. The summed E-state index contributed by atoms with van der Waals surface area (Å²) in [5.74, 6) is 0. The standard InChI is InChI=1S/2ClH.Co.Ti/h2*1H;;/q;;+2;/p-2. The Kier molecular flexibility index (Phi) is 20.5. The van der Waals surface area contributed by atoms with E-state index in [2.05, 4.69) is 0 Å². The molecule has 0 nitrogen and oxygen atoms in total. The minimum Gasteiger partial charge on any atom is 0 e. The summed E-state index contributed by atoms with van der Waals surface area (Å²) < 4.78 is 0. The van der Waals surface area contributed by atoms with E-state index in [1.807, 2.05) is 0 Å². The fourth-order valence-corrected chi connectivity index (χ4v) is 0. The molecular formula is Cl2CoTi. The molecule has 0 spiro atoms. The Bertz CT molecular complexity index is 6.00. The predicted molar refractivity (Wildman–Crippen MR) is 11.7 cm³/mol. The van der Waals surface area contributed by atoms with Crippen molar-refractivity contribution in [2.24, 2.45) is 0 Å². The number of hydrogen-bond acceptors (Lipinski definition) is 0. The maximum atomic E-state index is 4.73. The Balaban J connectivity index is 0. The SMILES string of the molecule is [Cl][Co][Cl].[Ti]. The van der Waals surface area contributed by atoms with Crippen molar-refractivity contribution in [2.75, 3.05) is 0 Å². The Morgan fingerprint density at radius 2 is 1.25 bits per heavy atom. The molecule has 0 radical (unpaired) electrons. The van der Waals surface area contributed by atoms with Crippen LogP contribution in [0.2, 0.25) is 0 Å². The van der Waals surface area contributed by atoms with Gasteiger partial charge in [0.2, 0.25) is 0 Å². The van der Waals surface area contributed by atoms with Crippen LogP contribution in [-0.4, -0.2) is 0 Å². The topological polar surface area (TPSA) is 0 Å². The summed E-state index contributed by atoms with van der Waals surface area (Å²) in [6.07, 6.45) is 0. The third kappa shape index (κ3) is 9.19. The Morgan fingerprint density at radius 1 is 1.25 bits per heavy atom. The Labute approximate surface area is 54.6 Å². The van der Waals surface area contributed by atoms with Gasteiger partial charge in [-0.05, 0) is 0 Å². The van der Waals surface area contributed by atoms with Crippen molar-refractivity contribution in [3.05, 3.63) is 0 Å². The molecule has 0 aliphatic carbocycles. The van der Waals surface area contributed by atoms with Crippen molar-refractivity contribution in [2.45, 2.75) is 0 Å². The van der Waals surface area contributed by atoms with Crippen LogP contribution in [0.4, 0.5) is 0 Å². The average molecular weight is 178 g/mol. The van der Waals surface area contributed by atoms with Gasteiger partial charge in [-0.2, -0.15) is 0 Å². The van der Waals surface area contributed by atoms with Crippen molar-refractivity contribution >= 4 is 20.3 Å². The molecule has 0 aliphatic rings. The van der Waals surface area contributed by atoms with E-state index in [-0.39, 0.29) is 21.7 Å². The van der Waals surface area contributed by atoms with Crippen molar-refractivity contribution < 1.29 is 34.6 Å². The predicted octanol–water partition coefficient (Wildman–Crippen LogP) is 1.37. The number of halogens is 2. The zero-order valence-corrected chi connectivity index (χ0v) is 5.70. The van der Waals surface area contributed by atoms with Crippen LogP contribution in [0.3, 0.4) is 0 Å². The summed E-state index contributed by atoms with van der Waals surface area (Å²) in [4.78, 5) is 0. The van der Waals surface area contributed by atoms with E-state index in [0.29, 0.717) is 12.9 Å². The average Bonchev–Trinajstić information content (AvgIpc) is 0.918. The third-order valence-corrected chi connectivity index (χ3v) is 0. The first-order valence-corrected chi connectivity index (χ1v) is 3.12. The first-order valence-electron chi connectivity index (χ1n) is 0.252. The van der Waals surface area contributed by atoms with E-state index in [9.17, 15) is 0 Å². The van der Waals surface area contributed by atoms with Gasteiger partial charge in [-0.25, -0.2) is 0 Å². The molecule has 4 heavy (non-hydrogen) atoms. The molecule has 0 fully saturated rings. The summed E-state index contributed by atoms with van der Waals surface area (Å²) >= 11 is 0.382. The summed E-state index contributed by atoms with van der Waals surface area (Å²) in [5, 5.41) is 0. The zero-order chi connectivity index (χ0) is 2.71. The van der Waals surface area contributed by atoms with Gasteiger partial charge in [0, 0.05) is 21.7 Å². The van der Waals surface area contributed by atoms with Gasteiger partial charge in [0.1, 0.15) is 0 Å². The van der Waals surface area contributed by atoms with E-state index >= 15 is 0 Å². The largest absolute Gasteiger partial charge is 0 e. The van der Waals surface area contributed by atoms with E-state index in [4.69, 9.17) is 20.3 Å². The van der Waals surface area contributed by atoms with Gasteiger partial charge in [-0.3, -0.25) is 0 Å².